The van der Waals surface area contributed by atoms with Crippen LogP contribution in [-0.2, 0) is 23.0 Å². The lowest BCUT2D eigenvalue weighted by molar-refractivity contribution is -0.139. The zero-order valence-corrected chi connectivity index (χ0v) is 9.77. The van der Waals surface area contributed by atoms with E-state index in [2.05, 4.69) is 10.3 Å². The van der Waals surface area contributed by atoms with Crippen LogP contribution in [0, 0.1) is 0 Å². The van der Waals surface area contributed by atoms with E-state index >= 15 is 0 Å². The third-order valence-corrected chi connectivity index (χ3v) is 3.30. The van der Waals surface area contributed by atoms with Gasteiger partial charge in [0, 0.05) is 20.4 Å². The average molecular weight is 223 g/mol. The molecule has 0 spiro atoms. The average Bonchev–Trinajstić information content (AvgIpc) is 2.88. The number of hydrogen-bond donors (Lipinski definition) is 0. The predicted octanol–water partition coefficient (Wildman–Crippen LogP) is 0.886. The van der Waals surface area contributed by atoms with Crippen molar-refractivity contribution in [3.63, 3.8) is 0 Å². The lowest BCUT2D eigenvalue weighted by atomic mass is 9.93. The first-order valence-electron chi connectivity index (χ1n) is 5.60. The van der Waals surface area contributed by atoms with Crippen LogP contribution in [0.25, 0.3) is 0 Å². The summed E-state index contributed by atoms with van der Waals surface area (Å²) in [5.41, 5.74) is 0.160. The smallest absolute Gasteiger partial charge is 0.170 e. The molecule has 88 valence electrons. The van der Waals surface area contributed by atoms with Gasteiger partial charge in [0.2, 0.25) is 0 Å². The van der Waals surface area contributed by atoms with E-state index in [0.29, 0.717) is 6.42 Å². The third kappa shape index (κ3) is 2.00. The van der Waals surface area contributed by atoms with Crippen LogP contribution in [0.2, 0.25) is 0 Å². The Labute approximate surface area is 94.8 Å². The molecule has 0 bridgehead atoms. The van der Waals surface area contributed by atoms with Crippen molar-refractivity contribution in [2.24, 2.45) is 7.05 Å². The van der Waals surface area contributed by atoms with Crippen LogP contribution in [0.1, 0.15) is 31.4 Å². The first-order valence-corrected chi connectivity index (χ1v) is 5.60. The van der Waals surface area contributed by atoms with Crippen LogP contribution < -0.4 is 0 Å². The normalized spacial score (nSPS) is 18.9. The predicted molar refractivity (Wildman–Crippen MR) is 57.9 cm³/mol. The minimum atomic E-state index is -0.558. The van der Waals surface area contributed by atoms with Gasteiger partial charge in [-0.25, -0.2) is 0 Å². The summed E-state index contributed by atoms with van der Waals surface area (Å²) in [6.45, 7) is 0. The van der Waals surface area contributed by atoms with E-state index in [1.54, 1.807) is 25.0 Å². The molecule has 0 amide bonds. The third-order valence-electron chi connectivity index (χ3n) is 3.30. The van der Waals surface area contributed by atoms with Crippen molar-refractivity contribution < 1.29 is 9.53 Å². The first-order chi connectivity index (χ1) is 7.66. The molecule has 0 unspecified atom stereocenters. The molecule has 1 fully saturated rings. The van der Waals surface area contributed by atoms with Crippen LogP contribution in [0.15, 0.2) is 6.20 Å². The number of nitrogens with zero attached hydrogens (tertiary/aromatic N) is 3. The largest absolute Gasteiger partial charge is 0.370 e. The van der Waals surface area contributed by atoms with Gasteiger partial charge in [0.1, 0.15) is 5.60 Å². The number of carbonyl (C=O) groups is 1. The summed E-state index contributed by atoms with van der Waals surface area (Å²) in [5.74, 6) is 0.132. The zero-order chi connectivity index (χ0) is 11.6. The van der Waals surface area contributed by atoms with Crippen molar-refractivity contribution in [1.29, 1.82) is 0 Å². The Bertz CT molecular complexity index is 380. The van der Waals surface area contributed by atoms with Gasteiger partial charge in [0.25, 0.3) is 0 Å². The quantitative estimate of drug-likeness (QED) is 0.760. The number of rotatable bonds is 4. The topological polar surface area (TPSA) is 57.0 Å². The Hall–Kier alpha value is -1.23. The summed E-state index contributed by atoms with van der Waals surface area (Å²) in [7, 11) is 3.42. The number of Topliss-reactive ketones (excluding diaryl/α,β-unsaturated/α-hetero) is 1. The number of aromatic nitrogens is 3. The fourth-order valence-corrected chi connectivity index (χ4v) is 2.34. The SMILES string of the molecule is COC1(C(=O)Cc2cn(C)nn2)CCCC1. The highest BCUT2D eigenvalue weighted by Gasteiger charge is 2.40. The summed E-state index contributed by atoms with van der Waals surface area (Å²) in [4.78, 5) is 12.2. The second kappa shape index (κ2) is 4.33. The van der Waals surface area contributed by atoms with Gasteiger partial charge in [-0.2, -0.15) is 0 Å². The second-order valence-electron chi connectivity index (χ2n) is 4.39. The van der Waals surface area contributed by atoms with Crippen molar-refractivity contribution in [2.75, 3.05) is 7.11 Å². The Balaban J connectivity index is 2.07. The van der Waals surface area contributed by atoms with Crippen LogP contribution in [-0.4, -0.2) is 33.5 Å². The van der Waals surface area contributed by atoms with E-state index in [9.17, 15) is 4.79 Å². The summed E-state index contributed by atoms with van der Waals surface area (Å²) >= 11 is 0. The van der Waals surface area contributed by atoms with E-state index in [-0.39, 0.29) is 5.78 Å². The van der Waals surface area contributed by atoms with Crippen molar-refractivity contribution in [2.45, 2.75) is 37.7 Å². The molecule has 0 radical (unpaired) electrons. The Morgan fingerprint density at radius 1 is 1.56 bits per heavy atom. The Morgan fingerprint density at radius 2 is 2.25 bits per heavy atom. The molecule has 2 rings (SSSR count). The Kier molecular flexibility index (Phi) is 3.05. The highest BCUT2D eigenvalue weighted by atomic mass is 16.5. The van der Waals surface area contributed by atoms with Gasteiger partial charge >= 0.3 is 0 Å². The molecule has 5 heteroatoms. The van der Waals surface area contributed by atoms with Crippen LogP contribution in [0.3, 0.4) is 0 Å². The standard InChI is InChI=1S/C11H17N3O2/c1-14-8-9(12-13-14)7-10(15)11(16-2)5-3-4-6-11/h8H,3-7H2,1-2H3. The van der Waals surface area contributed by atoms with Crippen molar-refractivity contribution in [3.05, 3.63) is 11.9 Å². The number of aryl methyl sites for hydroxylation is 1. The molecule has 1 aliphatic rings. The number of ether oxygens (including phenoxy) is 1. The minimum absolute atomic E-state index is 0.132. The molecule has 16 heavy (non-hydrogen) atoms. The molecule has 1 heterocycles. The van der Waals surface area contributed by atoms with E-state index in [4.69, 9.17) is 4.74 Å². The van der Waals surface area contributed by atoms with Gasteiger partial charge in [-0.05, 0) is 25.7 Å². The van der Waals surface area contributed by atoms with E-state index in [1.807, 2.05) is 0 Å². The van der Waals surface area contributed by atoms with E-state index in [0.717, 1.165) is 31.4 Å². The maximum atomic E-state index is 12.2. The molecule has 0 saturated heterocycles. The molecule has 1 aromatic heterocycles. The van der Waals surface area contributed by atoms with Gasteiger partial charge in [-0.3, -0.25) is 9.48 Å². The fraction of sp³-hybridized carbons (Fsp3) is 0.727. The van der Waals surface area contributed by atoms with Crippen molar-refractivity contribution in [1.82, 2.24) is 15.0 Å². The van der Waals surface area contributed by atoms with Crippen molar-refractivity contribution >= 4 is 5.78 Å². The summed E-state index contributed by atoms with van der Waals surface area (Å²) < 4.78 is 7.04. The molecule has 1 saturated carbocycles. The highest BCUT2D eigenvalue weighted by molar-refractivity contribution is 5.89. The molecular weight excluding hydrogens is 206 g/mol. The molecule has 1 aromatic rings. The molecule has 1 aliphatic carbocycles. The molecule has 0 N–H and O–H groups in total. The van der Waals surface area contributed by atoms with E-state index < -0.39 is 5.60 Å². The second-order valence-corrected chi connectivity index (χ2v) is 4.39. The fourth-order valence-electron chi connectivity index (χ4n) is 2.34. The van der Waals surface area contributed by atoms with Crippen LogP contribution in [0.4, 0.5) is 0 Å². The van der Waals surface area contributed by atoms with Gasteiger partial charge in [0.15, 0.2) is 5.78 Å². The Morgan fingerprint density at radius 3 is 2.75 bits per heavy atom. The van der Waals surface area contributed by atoms with Gasteiger partial charge in [-0.15, -0.1) is 5.10 Å². The van der Waals surface area contributed by atoms with E-state index in [1.165, 1.54) is 0 Å². The molecule has 0 atom stereocenters. The van der Waals surface area contributed by atoms with Gasteiger partial charge in [0.05, 0.1) is 12.1 Å². The molecule has 0 aliphatic heterocycles. The zero-order valence-electron chi connectivity index (χ0n) is 9.77. The number of carbonyl (C=O) groups excluding carboxylic acids is 1. The number of methoxy groups -OCH3 is 1. The summed E-state index contributed by atoms with van der Waals surface area (Å²) in [6.07, 6.45) is 5.91. The van der Waals surface area contributed by atoms with Crippen molar-refractivity contribution in [3.8, 4) is 0 Å². The van der Waals surface area contributed by atoms with Crippen LogP contribution in [0.5, 0.6) is 0 Å². The van der Waals surface area contributed by atoms with Gasteiger partial charge < -0.3 is 4.74 Å². The highest BCUT2D eigenvalue weighted by Crippen LogP contribution is 2.34. The summed E-state index contributed by atoms with van der Waals surface area (Å²) in [6, 6.07) is 0. The minimum Gasteiger partial charge on any atom is -0.370 e. The first kappa shape index (κ1) is 11.3. The molecule has 5 nitrogen and oxygen atoms in total. The summed E-state index contributed by atoms with van der Waals surface area (Å²) in [5, 5.41) is 7.75. The molecule has 0 aromatic carbocycles. The maximum Gasteiger partial charge on any atom is 0.170 e. The number of ketones is 1. The lowest BCUT2D eigenvalue weighted by Crippen LogP contribution is -2.38. The van der Waals surface area contributed by atoms with Gasteiger partial charge in [-0.1, -0.05) is 5.21 Å². The lowest BCUT2D eigenvalue weighted by Gasteiger charge is -2.25. The maximum absolute atomic E-state index is 12.2. The van der Waals surface area contributed by atoms with Crippen LogP contribution >= 0.6 is 0 Å². The number of hydrogen-bond acceptors (Lipinski definition) is 4. The monoisotopic (exact) mass is 223 g/mol. The molecular formula is C11H17N3O2.